The Bertz CT molecular complexity index is 919. The highest BCUT2D eigenvalue weighted by atomic mass is 31.2. The Hall–Kier alpha value is -3.51. The van der Waals surface area contributed by atoms with E-state index in [0.717, 1.165) is 12.2 Å². The van der Waals surface area contributed by atoms with Crippen LogP contribution >= 0.6 is 7.82 Å². The average molecular weight is 663 g/mol. The summed E-state index contributed by atoms with van der Waals surface area (Å²) in [4.78, 5) is 78.6. The Balaban J connectivity index is 3.76. The molecule has 0 amide bonds. The molecule has 14 nitrogen and oxygen atoms in total. The fourth-order valence-corrected chi connectivity index (χ4v) is 4.27. The van der Waals surface area contributed by atoms with Crippen LogP contribution in [0.1, 0.15) is 103 Å². The summed E-state index contributed by atoms with van der Waals surface area (Å²) in [6, 6.07) is 0. The molecule has 0 bridgehead atoms. The fourth-order valence-electron chi connectivity index (χ4n) is 3.54. The highest BCUT2D eigenvalue weighted by Gasteiger charge is 2.30. The molecule has 0 aliphatic heterocycles. The Morgan fingerprint density at radius 2 is 0.756 bits per heavy atom. The largest absolute Gasteiger partial charge is 0.589 e. The lowest BCUT2D eigenvalue weighted by Crippen LogP contribution is -2.09. The van der Waals surface area contributed by atoms with Gasteiger partial charge >= 0.3 is 43.6 Å². The summed E-state index contributed by atoms with van der Waals surface area (Å²) in [7, 11) is -4.90. The molecule has 0 aromatic carbocycles. The quantitative estimate of drug-likeness (QED) is 0.0388. The molecule has 0 heterocycles. The van der Waals surface area contributed by atoms with Crippen molar-refractivity contribution in [2.45, 2.75) is 103 Å². The van der Waals surface area contributed by atoms with Gasteiger partial charge in [-0.1, -0.05) is 13.2 Å². The van der Waals surface area contributed by atoms with Gasteiger partial charge in [0.1, 0.15) is 0 Å². The number of carbonyl (C=O) groups excluding carboxylic acids is 6. The average Bonchev–Trinajstić information content (AvgIpc) is 2.99. The molecule has 0 aromatic rings. The Morgan fingerprint density at radius 1 is 0.467 bits per heavy atom. The Kier molecular flexibility index (Phi) is 24.8. The first-order valence-corrected chi connectivity index (χ1v) is 16.7. The first-order valence-electron chi connectivity index (χ1n) is 15.2. The van der Waals surface area contributed by atoms with Gasteiger partial charge < -0.3 is 28.0 Å². The summed E-state index contributed by atoms with van der Waals surface area (Å²) >= 11 is 0. The summed E-state index contributed by atoms with van der Waals surface area (Å²) < 4.78 is 40.6. The van der Waals surface area contributed by atoms with Crippen molar-refractivity contribution in [3.8, 4) is 0 Å². The van der Waals surface area contributed by atoms with Gasteiger partial charge in [-0.25, -0.2) is 14.2 Å². The second-order valence-corrected chi connectivity index (χ2v) is 11.1. The van der Waals surface area contributed by atoms with E-state index < -0.39 is 31.7 Å². The summed E-state index contributed by atoms with van der Waals surface area (Å²) in [6.45, 7) is 7.46. The van der Waals surface area contributed by atoms with Crippen molar-refractivity contribution in [1.29, 1.82) is 0 Å². The minimum absolute atomic E-state index is 0.168. The van der Waals surface area contributed by atoms with Gasteiger partial charge in [0.2, 0.25) is 0 Å². The van der Waals surface area contributed by atoms with Gasteiger partial charge in [0.15, 0.2) is 0 Å². The molecule has 0 saturated heterocycles. The van der Waals surface area contributed by atoms with Gasteiger partial charge in [-0.3, -0.25) is 24.1 Å². The van der Waals surface area contributed by atoms with Gasteiger partial charge in [0.05, 0.1) is 26.4 Å². The van der Waals surface area contributed by atoms with Crippen LogP contribution in [0.5, 0.6) is 0 Å². The second-order valence-electron chi connectivity index (χ2n) is 9.82. The highest BCUT2D eigenvalue weighted by Crippen LogP contribution is 2.44. The zero-order valence-electron chi connectivity index (χ0n) is 25.9. The number of carbonyl (C=O) groups is 6. The third kappa shape index (κ3) is 27.8. The fraction of sp³-hybridized carbons (Fsp3) is 0.667. The monoisotopic (exact) mass is 662 g/mol. The highest BCUT2D eigenvalue weighted by molar-refractivity contribution is 7.48. The maximum absolute atomic E-state index is 11.9. The molecule has 1 N–H and O–H groups in total. The molecular weight excluding hydrogens is 615 g/mol. The first-order chi connectivity index (χ1) is 21.5. The minimum Gasteiger partial charge on any atom is -0.466 e. The normalized spacial score (nSPS) is 10.7. The van der Waals surface area contributed by atoms with Crippen LogP contribution in [0.4, 0.5) is 0 Å². The third-order valence-electron chi connectivity index (χ3n) is 5.88. The van der Waals surface area contributed by atoms with Crippen LogP contribution in [-0.2, 0) is 61.3 Å². The zero-order chi connectivity index (χ0) is 33.8. The molecule has 0 aliphatic rings. The summed E-state index contributed by atoms with van der Waals surface area (Å²) in [5.41, 5.74) is 0. The molecule has 0 rings (SSSR count). The SMILES string of the molecule is C=CC(=O)OCCCCCC(=O)OCCCCCC(=O)OP(=O)(O)OC(=O)CCCCCOC(=O)CCCCCOC(=O)C=C. The maximum atomic E-state index is 11.9. The topological polar surface area (TPSA) is 195 Å². The van der Waals surface area contributed by atoms with Gasteiger partial charge in [-0.05, 0) is 77.0 Å². The smallest absolute Gasteiger partial charge is 0.466 e. The number of hydrogen-bond acceptors (Lipinski definition) is 13. The molecule has 0 aliphatic carbocycles. The number of hydrogen-bond donors (Lipinski definition) is 1. The lowest BCUT2D eigenvalue weighted by Gasteiger charge is -2.11. The van der Waals surface area contributed by atoms with Crippen molar-refractivity contribution in [1.82, 2.24) is 0 Å². The molecule has 0 radical (unpaired) electrons. The van der Waals surface area contributed by atoms with Crippen molar-refractivity contribution < 1.29 is 66.2 Å². The molecule has 0 fully saturated rings. The standard InChI is InChI=1S/C30H47O14P/c1-3-25(31)39-21-13-5-9-17-27(33)41-23-15-7-11-19-29(35)43-45(37,38)44-30(36)20-12-8-16-24-42-28(34)18-10-6-14-22-40-26(32)4-2/h3-4H,1-2,5-24H2,(H,37,38). The summed E-state index contributed by atoms with van der Waals surface area (Å²) in [5.74, 6) is -3.67. The van der Waals surface area contributed by atoms with E-state index in [1.165, 1.54) is 0 Å². The molecule has 256 valence electrons. The van der Waals surface area contributed by atoms with Crippen LogP contribution in [0.3, 0.4) is 0 Å². The van der Waals surface area contributed by atoms with E-state index in [9.17, 15) is 38.2 Å². The molecule has 45 heavy (non-hydrogen) atoms. The minimum atomic E-state index is -4.90. The zero-order valence-corrected chi connectivity index (χ0v) is 26.8. The molecule has 0 spiro atoms. The van der Waals surface area contributed by atoms with Crippen molar-refractivity contribution in [3.05, 3.63) is 25.3 Å². The van der Waals surface area contributed by atoms with E-state index in [-0.39, 0.29) is 64.0 Å². The van der Waals surface area contributed by atoms with Crippen LogP contribution in [-0.4, -0.2) is 67.1 Å². The number of phosphoric ester groups is 1. The molecular formula is C30H47O14P. The van der Waals surface area contributed by atoms with Crippen molar-refractivity contribution in [2.75, 3.05) is 26.4 Å². The number of unbranched alkanes of at least 4 members (excludes halogenated alkanes) is 8. The molecule has 15 heteroatoms. The number of esters is 4. The lowest BCUT2D eigenvalue weighted by molar-refractivity contribution is -0.144. The Morgan fingerprint density at radius 3 is 1.07 bits per heavy atom. The van der Waals surface area contributed by atoms with Gasteiger partial charge in [-0.2, -0.15) is 0 Å². The molecule has 0 saturated carbocycles. The summed E-state index contributed by atoms with van der Waals surface area (Å²) in [5, 5.41) is 0. The van der Waals surface area contributed by atoms with Crippen LogP contribution in [0, 0.1) is 0 Å². The van der Waals surface area contributed by atoms with E-state index >= 15 is 0 Å². The van der Waals surface area contributed by atoms with Gasteiger partial charge in [0, 0.05) is 37.8 Å². The van der Waals surface area contributed by atoms with E-state index in [1.807, 2.05) is 0 Å². The summed E-state index contributed by atoms with van der Waals surface area (Å²) in [6.07, 6.45) is 8.73. The number of ether oxygens (including phenoxy) is 4. The first kappa shape index (κ1) is 41.5. The Labute approximate surface area is 264 Å². The predicted molar refractivity (Wildman–Crippen MR) is 160 cm³/mol. The van der Waals surface area contributed by atoms with Crippen LogP contribution < -0.4 is 0 Å². The van der Waals surface area contributed by atoms with Crippen LogP contribution in [0.25, 0.3) is 0 Å². The molecule has 0 atom stereocenters. The molecule has 0 aromatic heterocycles. The van der Waals surface area contributed by atoms with E-state index in [1.54, 1.807) is 0 Å². The number of phosphoric acid groups is 1. The van der Waals surface area contributed by atoms with E-state index in [0.29, 0.717) is 77.0 Å². The van der Waals surface area contributed by atoms with Crippen molar-refractivity contribution in [3.63, 3.8) is 0 Å². The van der Waals surface area contributed by atoms with E-state index in [2.05, 4.69) is 22.2 Å². The van der Waals surface area contributed by atoms with Crippen LogP contribution in [0.2, 0.25) is 0 Å². The van der Waals surface area contributed by atoms with Crippen molar-refractivity contribution in [2.24, 2.45) is 0 Å². The molecule has 0 unspecified atom stereocenters. The maximum Gasteiger partial charge on any atom is 0.589 e. The lowest BCUT2D eigenvalue weighted by atomic mass is 10.2. The third-order valence-corrected chi connectivity index (χ3v) is 6.75. The van der Waals surface area contributed by atoms with Gasteiger partial charge in [-0.15, -0.1) is 0 Å². The van der Waals surface area contributed by atoms with Gasteiger partial charge in [0.25, 0.3) is 0 Å². The second kappa shape index (κ2) is 26.9. The predicted octanol–water partition coefficient (Wildman–Crippen LogP) is 4.96. The number of rotatable bonds is 28. The van der Waals surface area contributed by atoms with Crippen molar-refractivity contribution >= 4 is 43.6 Å². The van der Waals surface area contributed by atoms with Crippen LogP contribution in [0.15, 0.2) is 25.3 Å². The van der Waals surface area contributed by atoms with E-state index in [4.69, 9.17) is 18.9 Å².